The predicted octanol–water partition coefficient (Wildman–Crippen LogP) is 3.48. The Labute approximate surface area is 120 Å². The molecule has 19 heavy (non-hydrogen) atoms. The summed E-state index contributed by atoms with van der Waals surface area (Å²) in [5.41, 5.74) is 0.931. The molecule has 1 N–H and O–H groups in total. The quantitative estimate of drug-likeness (QED) is 0.830. The summed E-state index contributed by atoms with van der Waals surface area (Å²) in [5, 5.41) is 3.31. The number of nitrogens with one attached hydrogen (secondary N) is 1. The average molecular weight is 283 g/mol. The van der Waals surface area contributed by atoms with Crippen LogP contribution in [-0.4, -0.2) is 28.4 Å². The lowest BCUT2D eigenvalue weighted by Gasteiger charge is -2.17. The van der Waals surface area contributed by atoms with Crippen molar-refractivity contribution in [2.24, 2.45) is 0 Å². The van der Waals surface area contributed by atoms with E-state index in [0.29, 0.717) is 6.61 Å². The van der Waals surface area contributed by atoms with Crippen LogP contribution in [0.25, 0.3) is 0 Å². The topological polar surface area (TPSA) is 47.0 Å². The summed E-state index contributed by atoms with van der Waals surface area (Å²) < 4.78 is 5.38. The first kappa shape index (κ1) is 16.2. The van der Waals surface area contributed by atoms with Crippen molar-refractivity contribution >= 4 is 17.6 Å². The van der Waals surface area contributed by atoms with Crippen LogP contribution in [0.5, 0.6) is 0 Å². The molecule has 0 aliphatic rings. The van der Waals surface area contributed by atoms with Crippen LogP contribution < -0.4 is 5.32 Å². The largest absolute Gasteiger partial charge is 0.378 e. The van der Waals surface area contributed by atoms with Gasteiger partial charge in [-0.05, 0) is 6.42 Å². The molecular weight excluding hydrogens is 258 g/mol. The molecule has 0 spiro atoms. The summed E-state index contributed by atoms with van der Waals surface area (Å²) in [6, 6.07) is 1.96. The zero-order valence-corrected chi connectivity index (χ0v) is 13.4. The second-order valence-corrected chi connectivity index (χ2v) is 7.22. The van der Waals surface area contributed by atoms with E-state index in [0.717, 1.165) is 36.1 Å². The number of rotatable bonds is 7. The Hall–Kier alpha value is -0.810. The highest BCUT2D eigenvalue weighted by Crippen LogP contribution is 2.26. The molecule has 4 nitrogen and oxygen atoms in total. The van der Waals surface area contributed by atoms with Gasteiger partial charge in [0.1, 0.15) is 11.6 Å². The molecule has 1 rings (SSSR count). The summed E-state index contributed by atoms with van der Waals surface area (Å²) in [7, 11) is 1.69. The minimum atomic E-state index is 0.220. The maximum absolute atomic E-state index is 5.16. The average Bonchev–Trinajstić information content (AvgIpc) is 2.33. The van der Waals surface area contributed by atoms with E-state index in [1.165, 1.54) is 0 Å². The maximum atomic E-state index is 5.16. The van der Waals surface area contributed by atoms with E-state index in [2.05, 4.69) is 43.0 Å². The van der Waals surface area contributed by atoms with Gasteiger partial charge in [-0.25, -0.2) is 9.97 Å². The van der Waals surface area contributed by atoms with Gasteiger partial charge in [0.25, 0.3) is 0 Å². The second kappa shape index (κ2) is 7.70. The third-order valence-electron chi connectivity index (χ3n) is 2.31. The van der Waals surface area contributed by atoms with Crippen molar-refractivity contribution in [1.29, 1.82) is 0 Å². The van der Waals surface area contributed by atoms with Crippen molar-refractivity contribution in [3.8, 4) is 0 Å². The zero-order valence-electron chi connectivity index (χ0n) is 12.6. The SMILES string of the molecule is CCCNc1cc(COC)nc(CSC(C)(C)C)n1. The molecule has 0 radical (unpaired) electrons. The van der Waals surface area contributed by atoms with Crippen LogP contribution in [0.15, 0.2) is 6.07 Å². The Morgan fingerprint density at radius 2 is 2.05 bits per heavy atom. The van der Waals surface area contributed by atoms with Crippen molar-refractivity contribution in [2.45, 2.75) is 51.2 Å². The lowest BCUT2D eigenvalue weighted by Crippen LogP contribution is -2.11. The summed E-state index contributed by atoms with van der Waals surface area (Å²) in [5.74, 6) is 2.59. The van der Waals surface area contributed by atoms with E-state index >= 15 is 0 Å². The Balaban J connectivity index is 2.79. The minimum Gasteiger partial charge on any atom is -0.378 e. The van der Waals surface area contributed by atoms with Crippen LogP contribution in [0.1, 0.15) is 45.6 Å². The van der Waals surface area contributed by atoms with Crippen molar-refractivity contribution in [3.63, 3.8) is 0 Å². The molecule has 0 amide bonds. The molecule has 0 saturated heterocycles. The van der Waals surface area contributed by atoms with Gasteiger partial charge in [-0.2, -0.15) is 0 Å². The first-order chi connectivity index (χ1) is 8.94. The number of thioether (sulfide) groups is 1. The molecule has 1 heterocycles. The van der Waals surface area contributed by atoms with Crippen molar-refractivity contribution < 1.29 is 4.74 Å². The molecule has 108 valence electrons. The van der Waals surface area contributed by atoms with Gasteiger partial charge in [-0.3, -0.25) is 0 Å². The van der Waals surface area contributed by atoms with Gasteiger partial charge in [-0.1, -0.05) is 27.7 Å². The van der Waals surface area contributed by atoms with Crippen LogP contribution in [0.4, 0.5) is 5.82 Å². The molecule has 0 atom stereocenters. The standard InChI is InChI=1S/C14H25N3OS/c1-6-7-15-12-8-11(9-18-5)16-13(17-12)10-19-14(2,3)4/h8H,6-7,9-10H2,1-5H3,(H,15,16,17). The highest BCUT2D eigenvalue weighted by molar-refractivity contribution is 7.99. The van der Waals surface area contributed by atoms with Gasteiger partial charge in [0.15, 0.2) is 0 Å². The van der Waals surface area contributed by atoms with Crippen LogP contribution in [-0.2, 0) is 17.1 Å². The Bertz CT molecular complexity index is 391. The molecular formula is C14H25N3OS. The van der Waals surface area contributed by atoms with Gasteiger partial charge in [0, 0.05) is 24.5 Å². The Morgan fingerprint density at radius 3 is 2.63 bits per heavy atom. The molecule has 0 aromatic carbocycles. The Morgan fingerprint density at radius 1 is 1.32 bits per heavy atom. The maximum Gasteiger partial charge on any atom is 0.140 e. The fourth-order valence-electron chi connectivity index (χ4n) is 1.46. The molecule has 0 aliphatic carbocycles. The number of anilines is 1. The van der Waals surface area contributed by atoms with E-state index in [1.54, 1.807) is 7.11 Å². The van der Waals surface area contributed by atoms with Crippen LogP contribution >= 0.6 is 11.8 Å². The van der Waals surface area contributed by atoms with Gasteiger partial charge in [0.2, 0.25) is 0 Å². The number of nitrogens with zero attached hydrogens (tertiary/aromatic N) is 2. The first-order valence-corrected chi connectivity index (χ1v) is 7.66. The number of methoxy groups -OCH3 is 1. The molecule has 0 aliphatic heterocycles. The number of hydrogen-bond donors (Lipinski definition) is 1. The van der Waals surface area contributed by atoms with Gasteiger partial charge < -0.3 is 10.1 Å². The van der Waals surface area contributed by atoms with Crippen LogP contribution in [0.2, 0.25) is 0 Å². The number of aromatic nitrogens is 2. The predicted molar refractivity (Wildman–Crippen MR) is 82.6 cm³/mol. The smallest absolute Gasteiger partial charge is 0.140 e. The summed E-state index contributed by atoms with van der Waals surface area (Å²) in [4.78, 5) is 9.09. The van der Waals surface area contributed by atoms with Crippen molar-refractivity contribution in [1.82, 2.24) is 9.97 Å². The number of ether oxygens (including phenoxy) is 1. The lowest BCUT2D eigenvalue weighted by molar-refractivity contribution is 0.181. The minimum absolute atomic E-state index is 0.220. The van der Waals surface area contributed by atoms with Crippen molar-refractivity contribution in [2.75, 3.05) is 19.0 Å². The molecule has 0 fully saturated rings. The second-order valence-electron chi connectivity index (χ2n) is 5.42. The molecule has 5 heteroatoms. The van der Waals surface area contributed by atoms with E-state index in [-0.39, 0.29) is 4.75 Å². The lowest BCUT2D eigenvalue weighted by atomic mass is 10.3. The fourth-order valence-corrected chi connectivity index (χ4v) is 2.15. The molecule has 0 saturated carbocycles. The van der Waals surface area contributed by atoms with Gasteiger partial charge in [0.05, 0.1) is 18.1 Å². The Kier molecular flexibility index (Phi) is 6.58. The summed E-state index contributed by atoms with van der Waals surface area (Å²) in [6.07, 6.45) is 1.08. The van der Waals surface area contributed by atoms with E-state index in [9.17, 15) is 0 Å². The van der Waals surface area contributed by atoms with E-state index in [1.807, 2.05) is 17.8 Å². The number of hydrogen-bond acceptors (Lipinski definition) is 5. The first-order valence-electron chi connectivity index (χ1n) is 6.68. The highest BCUT2D eigenvalue weighted by atomic mass is 32.2. The molecule has 1 aromatic rings. The highest BCUT2D eigenvalue weighted by Gasteiger charge is 2.13. The fraction of sp³-hybridized carbons (Fsp3) is 0.714. The molecule has 0 bridgehead atoms. The van der Waals surface area contributed by atoms with E-state index in [4.69, 9.17) is 4.74 Å². The van der Waals surface area contributed by atoms with Gasteiger partial charge in [-0.15, -0.1) is 11.8 Å². The normalized spacial score (nSPS) is 11.6. The molecule has 0 unspecified atom stereocenters. The zero-order chi connectivity index (χ0) is 14.3. The molecule has 1 aromatic heterocycles. The monoisotopic (exact) mass is 283 g/mol. The van der Waals surface area contributed by atoms with Crippen LogP contribution in [0.3, 0.4) is 0 Å². The van der Waals surface area contributed by atoms with Crippen molar-refractivity contribution in [3.05, 3.63) is 17.6 Å². The van der Waals surface area contributed by atoms with Crippen LogP contribution in [0, 0.1) is 0 Å². The third kappa shape index (κ3) is 6.78. The summed E-state index contributed by atoms with van der Waals surface area (Å²) in [6.45, 7) is 10.2. The van der Waals surface area contributed by atoms with Gasteiger partial charge >= 0.3 is 0 Å². The third-order valence-corrected chi connectivity index (χ3v) is 3.58. The summed E-state index contributed by atoms with van der Waals surface area (Å²) >= 11 is 1.85. The van der Waals surface area contributed by atoms with E-state index < -0.39 is 0 Å².